The Morgan fingerprint density at radius 3 is 2.22 bits per heavy atom. The third kappa shape index (κ3) is 5.53. The Labute approximate surface area is 120 Å². The van der Waals surface area contributed by atoms with Gasteiger partial charge < -0.3 is 5.32 Å². The summed E-state index contributed by atoms with van der Waals surface area (Å²) in [4.78, 5) is 0. The first kappa shape index (κ1) is 15.7. The van der Waals surface area contributed by atoms with Gasteiger partial charge in [-0.25, -0.2) is 0 Å². The van der Waals surface area contributed by atoms with E-state index in [1.165, 1.54) is 15.6 Å². The molecule has 0 amide bonds. The van der Waals surface area contributed by atoms with Crippen LogP contribution in [0.15, 0.2) is 22.7 Å². The Morgan fingerprint density at radius 1 is 1.11 bits per heavy atom. The van der Waals surface area contributed by atoms with Crippen molar-refractivity contribution in [3.63, 3.8) is 0 Å². The smallest absolute Gasteiger partial charge is 0.0222 e. The molecule has 0 aliphatic rings. The van der Waals surface area contributed by atoms with Gasteiger partial charge in [0.25, 0.3) is 0 Å². The monoisotopic (exact) mass is 311 g/mol. The molecule has 0 bridgehead atoms. The quantitative estimate of drug-likeness (QED) is 0.819. The van der Waals surface area contributed by atoms with Gasteiger partial charge in [0.15, 0.2) is 0 Å². The van der Waals surface area contributed by atoms with Gasteiger partial charge in [-0.15, -0.1) is 0 Å². The Hall–Kier alpha value is -0.340. The van der Waals surface area contributed by atoms with Gasteiger partial charge in [0.05, 0.1) is 0 Å². The van der Waals surface area contributed by atoms with Crippen LogP contribution in [0.3, 0.4) is 0 Å². The standard InChI is InChI=1S/C16H26BrN/c1-12-7-8-13(14(17)9-12)10-18-16(5,6)11-15(2,3)4/h7-9,18H,10-11H2,1-6H3. The first-order chi connectivity index (χ1) is 8.09. The largest absolute Gasteiger partial charge is 0.308 e. The molecule has 0 aromatic heterocycles. The summed E-state index contributed by atoms with van der Waals surface area (Å²) in [5.41, 5.74) is 3.12. The minimum atomic E-state index is 0.155. The molecular weight excluding hydrogens is 286 g/mol. The molecule has 0 atom stereocenters. The fraction of sp³-hybridized carbons (Fsp3) is 0.625. The fourth-order valence-corrected chi connectivity index (χ4v) is 3.15. The summed E-state index contributed by atoms with van der Waals surface area (Å²) in [5, 5.41) is 3.66. The number of nitrogens with one attached hydrogen (secondary N) is 1. The minimum absolute atomic E-state index is 0.155. The third-order valence-electron chi connectivity index (χ3n) is 2.94. The van der Waals surface area contributed by atoms with Crippen molar-refractivity contribution in [3.05, 3.63) is 33.8 Å². The van der Waals surface area contributed by atoms with E-state index in [1.807, 2.05) is 0 Å². The average molecular weight is 312 g/mol. The van der Waals surface area contributed by atoms with E-state index in [-0.39, 0.29) is 5.54 Å². The number of rotatable bonds is 4. The number of hydrogen-bond acceptors (Lipinski definition) is 1. The van der Waals surface area contributed by atoms with E-state index >= 15 is 0 Å². The zero-order valence-electron chi connectivity index (χ0n) is 12.5. The summed E-state index contributed by atoms with van der Waals surface area (Å²) in [6.07, 6.45) is 1.16. The Morgan fingerprint density at radius 2 is 1.72 bits per heavy atom. The van der Waals surface area contributed by atoms with Crippen LogP contribution in [-0.4, -0.2) is 5.54 Å². The molecule has 1 rings (SSSR count). The summed E-state index contributed by atoms with van der Waals surface area (Å²) in [6, 6.07) is 6.53. The van der Waals surface area contributed by atoms with Gasteiger partial charge >= 0.3 is 0 Å². The van der Waals surface area contributed by atoms with E-state index in [0.29, 0.717) is 5.41 Å². The zero-order chi connectivity index (χ0) is 14.0. The maximum absolute atomic E-state index is 3.66. The molecule has 2 heteroatoms. The predicted molar refractivity (Wildman–Crippen MR) is 83.9 cm³/mol. The van der Waals surface area contributed by atoms with Crippen LogP contribution in [0.4, 0.5) is 0 Å². The summed E-state index contributed by atoms with van der Waals surface area (Å²) in [7, 11) is 0. The van der Waals surface area contributed by atoms with Crippen molar-refractivity contribution in [2.24, 2.45) is 5.41 Å². The maximum Gasteiger partial charge on any atom is 0.0222 e. The van der Waals surface area contributed by atoms with Crippen LogP contribution in [0, 0.1) is 12.3 Å². The molecule has 0 heterocycles. The van der Waals surface area contributed by atoms with E-state index < -0.39 is 0 Å². The number of hydrogen-bond donors (Lipinski definition) is 1. The second kappa shape index (κ2) is 5.75. The number of benzene rings is 1. The number of halogens is 1. The van der Waals surface area contributed by atoms with E-state index in [9.17, 15) is 0 Å². The minimum Gasteiger partial charge on any atom is -0.308 e. The SMILES string of the molecule is Cc1ccc(CNC(C)(C)CC(C)(C)C)c(Br)c1. The van der Waals surface area contributed by atoms with Crippen molar-refractivity contribution in [1.82, 2.24) is 5.32 Å². The first-order valence-electron chi connectivity index (χ1n) is 6.59. The molecule has 18 heavy (non-hydrogen) atoms. The highest BCUT2D eigenvalue weighted by Crippen LogP contribution is 2.27. The van der Waals surface area contributed by atoms with Gasteiger partial charge in [0.1, 0.15) is 0 Å². The highest BCUT2D eigenvalue weighted by Gasteiger charge is 2.24. The highest BCUT2D eigenvalue weighted by molar-refractivity contribution is 9.10. The molecule has 0 unspecified atom stereocenters. The normalized spacial score (nSPS) is 12.8. The van der Waals surface area contributed by atoms with Crippen molar-refractivity contribution in [3.8, 4) is 0 Å². The summed E-state index contributed by atoms with van der Waals surface area (Å²) < 4.78 is 1.20. The highest BCUT2D eigenvalue weighted by atomic mass is 79.9. The van der Waals surface area contributed by atoms with Gasteiger partial charge in [0, 0.05) is 16.6 Å². The molecule has 1 nitrogen and oxygen atoms in total. The Kier molecular flexibility index (Phi) is 5.02. The Bertz CT molecular complexity index is 402. The van der Waals surface area contributed by atoms with Gasteiger partial charge in [-0.2, -0.15) is 0 Å². The molecule has 0 radical (unpaired) electrons. The lowest BCUT2D eigenvalue weighted by Crippen LogP contribution is -2.41. The fourth-order valence-electron chi connectivity index (χ4n) is 2.52. The zero-order valence-corrected chi connectivity index (χ0v) is 14.1. The van der Waals surface area contributed by atoms with Crippen molar-refractivity contribution in [2.45, 2.75) is 60.0 Å². The summed E-state index contributed by atoms with van der Waals surface area (Å²) in [5.74, 6) is 0. The van der Waals surface area contributed by atoms with E-state index in [4.69, 9.17) is 0 Å². The van der Waals surface area contributed by atoms with Crippen LogP contribution in [0.5, 0.6) is 0 Å². The molecule has 0 aliphatic carbocycles. The van der Waals surface area contributed by atoms with Crippen LogP contribution in [0.1, 0.15) is 52.2 Å². The molecular formula is C16H26BrN. The van der Waals surface area contributed by atoms with Crippen molar-refractivity contribution in [1.29, 1.82) is 0 Å². The lowest BCUT2D eigenvalue weighted by atomic mass is 9.82. The predicted octanol–water partition coefficient (Wildman–Crippen LogP) is 5.06. The van der Waals surface area contributed by atoms with Gasteiger partial charge in [-0.1, -0.05) is 48.8 Å². The molecule has 0 spiro atoms. The van der Waals surface area contributed by atoms with E-state index in [2.05, 4.69) is 81.0 Å². The molecule has 0 saturated carbocycles. The first-order valence-corrected chi connectivity index (χ1v) is 7.38. The summed E-state index contributed by atoms with van der Waals surface area (Å²) >= 11 is 3.64. The maximum atomic E-state index is 3.66. The van der Waals surface area contributed by atoms with Gasteiger partial charge in [0.2, 0.25) is 0 Å². The van der Waals surface area contributed by atoms with Crippen molar-refractivity contribution in [2.75, 3.05) is 0 Å². The summed E-state index contributed by atoms with van der Waals surface area (Å²) in [6.45, 7) is 14.4. The van der Waals surface area contributed by atoms with Gasteiger partial charge in [-0.05, 0) is 49.8 Å². The van der Waals surface area contributed by atoms with Crippen LogP contribution < -0.4 is 5.32 Å². The van der Waals surface area contributed by atoms with Crippen LogP contribution in [0.2, 0.25) is 0 Å². The van der Waals surface area contributed by atoms with E-state index in [0.717, 1.165) is 13.0 Å². The molecule has 0 saturated heterocycles. The average Bonchev–Trinajstić information content (AvgIpc) is 2.12. The molecule has 1 aromatic carbocycles. The van der Waals surface area contributed by atoms with Crippen LogP contribution >= 0.6 is 15.9 Å². The van der Waals surface area contributed by atoms with Crippen molar-refractivity contribution >= 4 is 15.9 Å². The van der Waals surface area contributed by atoms with Gasteiger partial charge in [-0.3, -0.25) is 0 Å². The topological polar surface area (TPSA) is 12.0 Å². The molecule has 0 fully saturated rings. The molecule has 1 N–H and O–H groups in total. The molecule has 0 aliphatic heterocycles. The number of aryl methyl sites for hydroxylation is 1. The lowest BCUT2D eigenvalue weighted by Gasteiger charge is -2.33. The molecule has 1 aromatic rings. The lowest BCUT2D eigenvalue weighted by molar-refractivity contribution is 0.240. The second-order valence-electron chi connectivity index (χ2n) is 7.07. The van der Waals surface area contributed by atoms with Crippen LogP contribution in [0.25, 0.3) is 0 Å². The second-order valence-corrected chi connectivity index (χ2v) is 7.92. The van der Waals surface area contributed by atoms with Crippen LogP contribution in [-0.2, 0) is 6.54 Å². The van der Waals surface area contributed by atoms with E-state index in [1.54, 1.807) is 0 Å². The Balaban J connectivity index is 2.64. The third-order valence-corrected chi connectivity index (χ3v) is 3.68. The van der Waals surface area contributed by atoms with Crippen molar-refractivity contribution < 1.29 is 0 Å². The molecule has 102 valence electrons.